The predicted molar refractivity (Wildman–Crippen MR) is 59.1 cm³/mol. The van der Waals surface area contributed by atoms with E-state index in [1.165, 1.54) is 4.89 Å². The molecule has 98 valence electrons. The van der Waals surface area contributed by atoms with E-state index in [2.05, 4.69) is 4.84 Å². The Kier molecular flexibility index (Phi) is 5.30. The van der Waals surface area contributed by atoms with Gasteiger partial charge in [0.15, 0.2) is 0 Å². The maximum absolute atomic E-state index is 11.1. The van der Waals surface area contributed by atoms with Gasteiger partial charge < -0.3 is 9.57 Å². The Bertz CT molecular complexity index is 417. The molecule has 0 radical (unpaired) electrons. The SMILES string of the molecule is CC(C)(C)OC(=O)/C=C\C(=O)ONS(C)(=O)=O. The van der Waals surface area contributed by atoms with E-state index in [0.29, 0.717) is 0 Å². The Balaban J connectivity index is 4.17. The van der Waals surface area contributed by atoms with Crippen LogP contribution in [0, 0.1) is 0 Å². The highest BCUT2D eigenvalue weighted by Crippen LogP contribution is 2.06. The normalized spacial score (nSPS) is 12.5. The molecular weight excluding hydrogens is 250 g/mol. The lowest BCUT2D eigenvalue weighted by Crippen LogP contribution is -2.25. The second-order valence-electron chi connectivity index (χ2n) is 4.14. The van der Waals surface area contributed by atoms with Crippen LogP contribution in [-0.4, -0.2) is 32.2 Å². The number of sulfonamides is 1. The van der Waals surface area contributed by atoms with E-state index >= 15 is 0 Å². The summed E-state index contributed by atoms with van der Waals surface area (Å²) in [7, 11) is -3.63. The van der Waals surface area contributed by atoms with Gasteiger partial charge in [-0.15, -0.1) is 0 Å². The lowest BCUT2D eigenvalue weighted by Gasteiger charge is -2.17. The molecule has 0 aromatic rings. The topological polar surface area (TPSA) is 98.8 Å². The number of carbonyl (C=O) groups excluding carboxylic acids is 2. The third-order valence-electron chi connectivity index (χ3n) is 1.06. The zero-order valence-electron chi connectivity index (χ0n) is 10.0. The lowest BCUT2D eigenvalue weighted by atomic mass is 10.2. The summed E-state index contributed by atoms with van der Waals surface area (Å²) in [5.41, 5.74) is -0.670. The monoisotopic (exact) mass is 265 g/mol. The van der Waals surface area contributed by atoms with Crippen molar-refractivity contribution in [3.05, 3.63) is 12.2 Å². The largest absolute Gasteiger partial charge is 0.457 e. The van der Waals surface area contributed by atoms with Gasteiger partial charge >= 0.3 is 11.9 Å². The zero-order valence-corrected chi connectivity index (χ0v) is 10.8. The van der Waals surface area contributed by atoms with Gasteiger partial charge in [-0.25, -0.2) is 18.0 Å². The maximum Gasteiger partial charge on any atom is 0.350 e. The molecule has 0 aromatic carbocycles. The first-order valence-corrected chi connectivity index (χ1v) is 6.47. The van der Waals surface area contributed by atoms with Crippen LogP contribution in [0.1, 0.15) is 20.8 Å². The van der Waals surface area contributed by atoms with Crippen LogP contribution in [0.2, 0.25) is 0 Å². The minimum atomic E-state index is -3.63. The molecule has 0 bridgehead atoms. The van der Waals surface area contributed by atoms with Crippen molar-refractivity contribution >= 4 is 22.0 Å². The first-order chi connectivity index (χ1) is 7.49. The molecule has 0 atom stereocenters. The molecule has 0 saturated carbocycles. The molecule has 1 N–H and O–H groups in total. The van der Waals surface area contributed by atoms with Gasteiger partial charge in [-0.05, 0) is 25.7 Å². The van der Waals surface area contributed by atoms with Gasteiger partial charge in [0.1, 0.15) is 5.60 Å². The summed E-state index contributed by atoms with van der Waals surface area (Å²) in [6, 6.07) is 0. The number of ether oxygens (including phenoxy) is 1. The number of hydrogen-bond donors (Lipinski definition) is 1. The second-order valence-corrected chi connectivity index (χ2v) is 5.85. The van der Waals surface area contributed by atoms with Crippen LogP contribution >= 0.6 is 0 Å². The van der Waals surface area contributed by atoms with Crippen LogP contribution in [0.4, 0.5) is 0 Å². The molecule has 0 rings (SSSR count). The van der Waals surface area contributed by atoms with Crippen molar-refractivity contribution in [1.82, 2.24) is 4.89 Å². The molecule has 0 aliphatic carbocycles. The van der Waals surface area contributed by atoms with E-state index in [0.717, 1.165) is 18.4 Å². The Morgan fingerprint density at radius 1 is 1.12 bits per heavy atom. The predicted octanol–water partition coefficient (Wildman–Crippen LogP) is -0.108. The summed E-state index contributed by atoms with van der Waals surface area (Å²) in [5, 5.41) is 0. The quantitative estimate of drug-likeness (QED) is 0.432. The molecule has 0 aliphatic rings. The fourth-order valence-electron chi connectivity index (χ4n) is 0.623. The zero-order chi connectivity index (χ0) is 13.7. The molecule has 0 unspecified atom stereocenters. The summed E-state index contributed by atoms with van der Waals surface area (Å²) in [6.07, 6.45) is 2.42. The summed E-state index contributed by atoms with van der Waals surface area (Å²) in [5.74, 6) is -1.75. The van der Waals surface area contributed by atoms with Crippen molar-refractivity contribution < 1.29 is 27.6 Å². The van der Waals surface area contributed by atoms with Gasteiger partial charge in [-0.2, -0.15) is 0 Å². The van der Waals surface area contributed by atoms with Crippen molar-refractivity contribution in [2.45, 2.75) is 26.4 Å². The van der Waals surface area contributed by atoms with E-state index in [1.807, 2.05) is 0 Å². The van der Waals surface area contributed by atoms with Crippen LogP contribution in [-0.2, 0) is 29.2 Å². The average molecular weight is 265 g/mol. The van der Waals surface area contributed by atoms with Gasteiger partial charge in [0.05, 0.1) is 6.26 Å². The van der Waals surface area contributed by atoms with Crippen LogP contribution in [0.5, 0.6) is 0 Å². The average Bonchev–Trinajstić information content (AvgIpc) is 2.07. The molecule has 0 fully saturated rings. The number of nitrogens with one attached hydrogen (secondary N) is 1. The maximum atomic E-state index is 11.1. The highest BCUT2D eigenvalue weighted by Gasteiger charge is 2.14. The molecular formula is C9H15NO6S. The molecule has 0 heterocycles. The van der Waals surface area contributed by atoms with E-state index in [-0.39, 0.29) is 0 Å². The Morgan fingerprint density at radius 3 is 2.00 bits per heavy atom. The fourth-order valence-corrected chi connectivity index (χ4v) is 0.856. The third-order valence-corrected chi connectivity index (χ3v) is 1.44. The van der Waals surface area contributed by atoms with Crippen molar-refractivity contribution in [2.75, 3.05) is 6.26 Å². The summed E-state index contributed by atoms with van der Waals surface area (Å²) >= 11 is 0. The smallest absolute Gasteiger partial charge is 0.350 e. The molecule has 8 heteroatoms. The van der Waals surface area contributed by atoms with E-state index in [1.54, 1.807) is 20.8 Å². The Labute approximate surface area is 99.8 Å². The van der Waals surface area contributed by atoms with Crippen LogP contribution in [0.25, 0.3) is 0 Å². The highest BCUT2D eigenvalue weighted by atomic mass is 32.2. The molecule has 17 heavy (non-hydrogen) atoms. The molecule has 7 nitrogen and oxygen atoms in total. The van der Waals surface area contributed by atoms with Crippen LogP contribution in [0.15, 0.2) is 12.2 Å². The lowest BCUT2D eigenvalue weighted by molar-refractivity contribution is -0.149. The molecule has 0 saturated heterocycles. The van der Waals surface area contributed by atoms with Crippen molar-refractivity contribution in [1.29, 1.82) is 0 Å². The van der Waals surface area contributed by atoms with E-state index in [4.69, 9.17) is 4.74 Å². The first kappa shape index (κ1) is 15.6. The third kappa shape index (κ3) is 10.9. The van der Waals surface area contributed by atoms with Gasteiger partial charge in [-0.1, -0.05) is 0 Å². The van der Waals surface area contributed by atoms with E-state index in [9.17, 15) is 18.0 Å². The summed E-state index contributed by atoms with van der Waals surface area (Å²) in [4.78, 5) is 27.7. The number of esters is 1. The Morgan fingerprint density at radius 2 is 1.59 bits per heavy atom. The van der Waals surface area contributed by atoms with Gasteiger partial charge in [0, 0.05) is 12.2 Å². The standard InChI is InChI=1S/C9H15NO6S/c1-9(2,3)15-7(11)5-6-8(12)16-10-17(4,13)14/h5-6,10H,1-4H3/b6-5-. The molecule has 0 aromatic heterocycles. The van der Waals surface area contributed by atoms with Gasteiger partial charge in [0.2, 0.25) is 10.0 Å². The number of hydrogen-bond acceptors (Lipinski definition) is 6. The summed E-state index contributed by atoms with van der Waals surface area (Å²) < 4.78 is 26.0. The highest BCUT2D eigenvalue weighted by molar-refractivity contribution is 7.88. The van der Waals surface area contributed by atoms with Gasteiger partial charge in [0.25, 0.3) is 0 Å². The second kappa shape index (κ2) is 5.78. The number of rotatable bonds is 4. The Hall–Kier alpha value is -1.41. The minimum Gasteiger partial charge on any atom is -0.457 e. The van der Waals surface area contributed by atoms with Crippen molar-refractivity contribution in [3.8, 4) is 0 Å². The molecule has 0 aliphatic heterocycles. The molecule has 0 amide bonds. The minimum absolute atomic E-state index is 0.670. The van der Waals surface area contributed by atoms with Crippen molar-refractivity contribution in [3.63, 3.8) is 0 Å². The summed E-state index contributed by atoms with van der Waals surface area (Å²) in [6.45, 7) is 5.01. The van der Waals surface area contributed by atoms with Gasteiger partial charge in [-0.3, -0.25) is 0 Å². The van der Waals surface area contributed by atoms with E-state index < -0.39 is 27.6 Å². The first-order valence-electron chi connectivity index (χ1n) is 4.58. The van der Waals surface area contributed by atoms with Crippen molar-refractivity contribution in [2.24, 2.45) is 0 Å². The fraction of sp³-hybridized carbons (Fsp3) is 0.556. The van der Waals surface area contributed by atoms with Crippen LogP contribution < -0.4 is 4.89 Å². The van der Waals surface area contributed by atoms with Crippen LogP contribution in [0.3, 0.4) is 0 Å². The number of carbonyl (C=O) groups is 2. The molecule has 0 spiro atoms.